The molecule has 10 heteroatoms. The largest absolute Gasteiger partial charge is 0.497 e. The van der Waals surface area contributed by atoms with E-state index in [9.17, 15) is 9.59 Å². The number of carbonyl (C=O) groups excluding carboxylic acids is 1. The van der Waals surface area contributed by atoms with Gasteiger partial charge in [0.05, 0.1) is 19.9 Å². The fourth-order valence-corrected chi connectivity index (χ4v) is 3.08. The molecule has 0 saturated heterocycles. The number of aryl methyl sites for hydroxylation is 1. The first-order valence-electron chi connectivity index (χ1n) is 7.54. The molecule has 0 bridgehead atoms. The number of ether oxygens (including phenoxy) is 2. The number of hydrogen-bond donors (Lipinski definition) is 1. The normalized spacial score (nSPS) is 10.8. The number of aromatic nitrogens is 4. The highest BCUT2D eigenvalue weighted by Crippen LogP contribution is 2.29. The molecule has 3 aromatic rings. The number of amides is 1. The summed E-state index contributed by atoms with van der Waals surface area (Å²) in [6.45, 7) is -0.196. The maximum absolute atomic E-state index is 12.6. The van der Waals surface area contributed by atoms with E-state index in [2.05, 4.69) is 31.3 Å². The van der Waals surface area contributed by atoms with E-state index in [1.807, 2.05) is 0 Å². The third-order valence-corrected chi connectivity index (χ3v) is 4.32. The van der Waals surface area contributed by atoms with Crippen LogP contribution in [0.2, 0.25) is 0 Å². The van der Waals surface area contributed by atoms with Crippen molar-refractivity contribution in [2.24, 2.45) is 7.05 Å². The molecule has 26 heavy (non-hydrogen) atoms. The number of nitrogens with zero attached hydrogens (tertiary/aromatic N) is 4. The SMILES string of the molecule is COc1ccc(NC(=O)Cn2cnc3c(c(Br)nn3C)c2=O)c(OC)c1. The van der Waals surface area contributed by atoms with Gasteiger partial charge < -0.3 is 14.8 Å². The average Bonchev–Trinajstić information content (AvgIpc) is 2.92. The number of halogens is 1. The van der Waals surface area contributed by atoms with Crippen LogP contribution in [0.3, 0.4) is 0 Å². The molecule has 0 aliphatic carbocycles. The van der Waals surface area contributed by atoms with Gasteiger partial charge in [-0.1, -0.05) is 0 Å². The maximum atomic E-state index is 12.6. The van der Waals surface area contributed by atoms with Crippen LogP contribution in [0, 0.1) is 0 Å². The van der Waals surface area contributed by atoms with E-state index in [4.69, 9.17) is 9.47 Å². The number of benzene rings is 1. The first-order chi connectivity index (χ1) is 12.4. The van der Waals surface area contributed by atoms with Crippen molar-refractivity contribution in [3.05, 3.63) is 39.5 Å². The van der Waals surface area contributed by atoms with Gasteiger partial charge in [-0.05, 0) is 28.1 Å². The van der Waals surface area contributed by atoms with E-state index in [0.29, 0.717) is 32.8 Å². The molecular formula is C16H16BrN5O4. The quantitative estimate of drug-likeness (QED) is 0.670. The van der Waals surface area contributed by atoms with Crippen LogP contribution < -0.4 is 20.3 Å². The van der Waals surface area contributed by atoms with Crippen molar-refractivity contribution < 1.29 is 14.3 Å². The second-order valence-corrected chi connectivity index (χ2v) is 6.16. The molecule has 0 aliphatic heterocycles. The van der Waals surface area contributed by atoms with Crippen molar-refractivity contribution in [1.29, 1.82) is 0 Å². The third kappa shape index (κ3) is 3.27. The standard InChI is InChI=1S/C16H16BrN5O4/c1-21-15-13(14(17)20-21)16(24)22(8-18-15)7-12(23)19-10-5-4-9(25-2)6-11(10)26-3/h4-6,8H,7H2,1-3H3,(H,19,23). The number of rotatable bonds is 5. The van der Waals surface area contributed by atoms with Crippen LogP contribution >= 0.6 is 15.9 Å². The van der Waals surface area contributed by atoms with Crippen LogP contribution in [-0.4, -0.2) is 39.5 Å². The number of hydrogen-bond acceptors (Lipinski definition) is 6. The molecule has 0 unspecified atom stereocenters. The summed E-state index contributed by atoms with van der Waals surface area (Å²) in [5, 5.41) is 7.15. The lowest BCUT2D eigenvalue weighted by Crippen LogP contribution is -2.28. The van der Waals surface area contributed by atoms with Crippen molar-refractivity contribution in [2.75, 3.05) is 19.5 Å². The Hall–Kier alpha value is -2.88. The second kappa shape index (κ2) is 7.16. The Morgan fingerprint density at radius 3 is 2.77 bits per heavy atom. The van der Waals surface area contributed by atoms with Crippen molar-refractivity contribution in [3.8, 4) is 11.5 Å². The summed E-state index contributed by atoms with van der Waals surface area (Å²) in [4.78, 5) is 29.1. The highest BCUT2D eigenvalue weighted by Gasteiger charge is 2.16. The molecule has 3 rings (SSSR count). The Labute approximate surface area is 156 Å². The molecule has 9 nitrogen and oxygen atoms in total. The molecule has 136 valence electrons. The second-order valence-electron chi connectivity index (χ2n) is 5.41. The van der Waals surface area contributed by atoms with Crippen molar-refractivity contribution in [3.63, 3.8) is 0 Å². The van der Waals surface area contributed by atoms with Gasteiger partial charge >= 0.3 is 0 Å². The number of fused-ring (bicyclic) bond motifs is 1. The predicted octanol–water partition coefficient (Wildman–Crippen LogP) is 1.55. The zero-order chi connectivity index (χ0) is 18.8. The molecule has 0 spiro atoms. The lowest BCUT2D eigenvalue weighted by molar-refractivity contribution is -0.116. The van der Waals surface area contributed by atoms with Gasteiger partial charge in [0.1, 0.15) is 34.4 Å². The first-order valence-corrected chi connectivity index (χ1v) is 8.33. The van der Waals surface area contributed by atoms with Gasteiger partial charge in [-0.15, -0.1) is 0 Å². The Morgan fingerprint density at radius 2 is 2.08 bits per heavy atom. The molecule has 2 aromatic heterocycles. The maximum Gasteiger partial charge on any atom is 0.266 e. The molecule has 0 saturated carbocycles. The first kappa shape index (κ1) is 17.9. The van der Waals surface area contributed by atoms with Crippen LogP contribution in [-0.2, 0) is 18.4 Å². The molecular weight excluding hydrogens is 406 g/mol. The highest BCUT2D eigenvalue weighted by molar-refractivity contribution is 9.10. The minimum absolute atomic E-state index is 0.196. The topological polar surface area (TPSA) is 100 Å². The Kier molecular flexibility index (Phi) is 4.94. The molecule has 2 heterocycles. The molecule has 0 radical (unpaired) electrons. The van der Waals surface area contributed by atoms with E-state index in [-0.39, 0.29) is 12.1 Å². The minimum Gasteiger partial charge on any atom is -0.497 e. The fraction of sp³-hybridized carbons (Fsp3) is 0.250. The van der Waals surface area contributed by atoms with Crippen molar-refractivity contribution >= 4 is 38.6 Å². The van der Waals surface area contributed by atoms with Crippen LogP contribution in [0.25, 0.3) is 11.0 Å². The van der Waals surface area contributed by atoms with Gasteiger partial charge in [0.2, 0.25) is 5.91 Å². The minimum atomic E-state index is -0.392. The summed E-state index contributed by atoms with van der Waals surface area (Å²) in [7, 11) is 4.72. The summed E-state index contributed by atoms with van der Waals surface area (Å²) in [6, 6.07) is 5.02. The number of methoxy groups -OCH3 is 2. The zero-order valence-electron chi connectivity index (χ0n) is 14.3. The summed E-state index contributed by atoms with van der Waals surface area (Å²) >= 11 is 3.24. The number of anilines is 1. The van der Waals surface area contributed by atoms with E-state index in [1.165, 1.54) is 22.7 Å². The van der Waals surface area contributed by atoms with Gasteiger partial charge in [0.15, 0.2) is 5.65 Å². The molecule has 1 aromatic carbocycles. The zero-order valence-corrected chi connectivity index (χ0v) is 15.9. The van der Waals surface area contributed by atoms with Crippen LogP contribution in [0.4, 0.5) is 5.69 Å². The van der Waals surface area contributed by atoms with Crippen LogP contribution in [0.15, 0.2) is 33.9 Å². The lowest BCUT2D eigenvalue weighted by atomic mass is 10.2. The smallest absolute Gasteiger partial charge is 0.266 e. The molecule has 1 N–H and O–H groups in total. The Bertz CT molecular complexity index is 1040. The van der Waals surface area contributed by atoms with Crippen LogP contribution in [0.5, 0.6) is 11.5 Å². The van der Waals surface area contributed by atoms with E-state index in [0.717, 1.165) is 0 Å². The summed E-state index contributed by atoms with van der Waals surface area (Å²) < 4.78 is 13.5. The predicted molar refractivity (Wildman–Crippen MR) is 98.6 cm³/mol. The molecule has 0 aliphatic rings. The van der Waals surface area contributed by atoms with Crippen molar-refractivity contribution in [2.45, 2.75) is 6.54 Å². The lowest BCUT2D eigenvalue weighted by Gasteiger charge is -2.12. The number of carbonyl (C=O) groups is 1. The third-order valence-electron chi connectivity index (χ3n) is 3.77. The molecule has 1 amide bonds. The summed E-state index contributed by atoms with van der Waals surface area (Å²) in [5.74, 6) is 0.664. The van der Waals surface area contributed by atoms with E-state index < -0.39 is 5.91 Å². The Balaban J connectivity index is 1.85. The number of nitrogens with one attached hydrogen (secondary N) is 1. The van der Waals surface area contributed by atoms with Gasteiger partial charge in [0, 0.05) is 13.1 Å². The van der Waals surface area contributed by atoms with E-state index in [1.54, 1.807) is 32.4 Å². The van der Waals surface area contributed by atoms with Crippen LogP contribution in [0.1, 0.15) is 0 Å². The average molecular weight is 422 g/mol. The molecule has 0 atom stereocenters. The highest BCUT2D eigenvalue weighted by atomic mass is 79.9. The molecule has 0 fully saturated rings. The van der Waals surface area contributed by atoms with Gasteiger partial charge in [-0.25, -0.2) is 9.67 Å². The van der Waals surface area contributed by atoms with E-state index >= 15 is 0 Å². The monoisotopic (exact) mass is 421 g/mol. The van der Waals surface area contributed by atoms with Crippen molar-refractivity contribution in [1.82, 2.24) is 19.3 Å². The Morgan fingerprint density at radius 1 is 1.31 bits per heavy atom. The van der Waals surface area contributed by atoms with Gasteiger partial charge in [-0.2, -0.15) is 5.10 Å². The summed E-state index contributed by atoms with van der Waals surface area (Å²) in [6.07, 6.45) is 1.32. The van der Waals surface area contributed by atoms with Gasteiger partial charge in [-0.3, -0.25) is 14.2 Å². The fourth-order valence-electron chi connectivity index (χ4n) is 2.49. The van der Waals surface area contributed by atoms with Gasteiger partial charge in [0.25, 0.3) is 5.56 Å². The summed E-state index contributed by atoms with van der Waals surface area (Å²) in [5.41, 5.74) is 0.560.